The number of nitrogens with one attached hydrogen (secondary N) is 2. The van der Waals surface area contributed by atoms with Crippen molar-refractivity contribution >= 4 is 31.5 Å². The van der Waals surface area contributed by atoms with Gasteiger partial charge in [0.15, 0.2) is 0 Å². The minimum atomic E-state index is -2.81. The van der Waals surface area contributed by atoms with Crippen LogP contribution in [-0.4, -0.2) is 39.3 Å². The van der Waals surface area contributed by atoms with Crippen molar-refractivity contribution in [3.05, 3.63) is 108 Å². The van der Waals surface area contributed by atoms with Gasteiger partial charge in [-0.05, 0) is 87.9 Å². The van der Waals surface area contributed by atoms with Crippen LogP contribution in [0.2, 0.25) is 0 Å². The fraction of sp³-hybridized carbons (Fsp3) is 0.361. The fourth-order valence-corrected chi connectivity index (χ4v) is 3.51. The van der Waals surface area contributed by atoms with Gasteiger partial charge in [-0.3, -0.25) is 9.98 Å². The molecular formula is C36H49F4N5. The van der Waals surface area contributed by atoms with E-state index in [2.05, 4.69) is 97.4 Å². The lowest BCUT2D eigenvalue weighted by Crippen LogP contribution is -2.09. The molecule has 3 rings (SSSR count). The summed E-state index contributed by atoms with van der Waals surface area (Å²) in [6.07, 6.45) is 1.99. The van der Waals surface area contributed by atoms with Crippen molar-refractivity contribution in [3.63, 3.8) is 0 Å². The molecule has 0 fully saturated rings. The van der Waals surface area contributed by atoms with Gasteiger partial charge in [-0.1, -0.05) is 74.5 Å². The third kappa shape index (κ3) is 21.1. The van der Waals surface area contributed by atoms with Crippen molar-refractivity contribution in [3.8, 4) is 0 Å². The predicted octanol–water partition coefficient (Wildman–Crippen LogP) is 10.6. The number of halogens is 4. The fourth-order valence-electron chi connectivity index (χ4n) is 3.51. The van der Waals surface area contributed by atoms with Crippen LogP contribution in [0.1, 0.15) is 68.7 Å². The van der Waals surface area contributed by atoms with Crippen molar-refractivity contribution in [2.75, 3.05) is 23.8 Å². The third-order valence-electron chi connectivity index (χ3n) is 5.93. The van der Waals surface area contributed by atoms with Crippen molar-refractivity contribution < 1.29 is 17.6 Å². The number of anilines is 2. The first-order valence-electron chi connectivity index (χ1n) is 14.6. The Kier molecular flexibility index (Phi) is 20.2. The summed E-state index contributed by atoms with van der Waals surface area (Å²) in [4.78, 5) is 10.8. The molecule has 9 heteroatoms. The zero-order chi connectivity index (χ0) is 34.3. The van der Waals surface area contributed by atoms with Crippen molar-refractivity contribution in [1.82, 2.24) is 0 Å². The van der Waals surface area contributed by atoms with Gasteiger partial charge in [0.2, 0.25) is 5.92 Å². The zero-order valence-corrected chi connectivity index (χ0v) is 27.3. The van der Waals surface area contributed by atoms with Crippen LogP contribution >= 0.6 is 0 Å². The molecule has 0 bridgehead atoms. The molecule has 2 N–H and O–H groups in total. The van der Waals surface area contributed by atoms with Gasteiger partial charge in [-0.2, -0.15) is 0 Å². The van der Waals surface area contributed by atoms with E-state index in [0.717, 1.165) is 25.1 Å². The average Bonchev–Trinajstić information content (AvgIpc) is 2.97. The molecular weight excluding hydrogens is 578 g/mol. The predicted molar refractivity (Wildman–Crippen MR) is 187 cm³/mol. The Bertz CT molecular complexity index is 1240. The number of alkyl halides is 4. The Morgan fingerprint density at radius 2 is 1.44 bits per heavy atom. The second-order valence-electron chi connectivity index (χ2n) is 10.6. The molecule has 0 radical (unpaired) electrons. The number of hydrogen-bond acceptors (Lipinski definition) is 5. The highest BCUT2D eigenvalue weighted by atomic mass is 19.3. The van der Waals surface area contributed by atoms with Gasteiger partial charge in [0.25, 0.3) is 5.92 Å². The number of nitrogens with zero attached hydrogens (tertiary/aromatic N) is 3. The van der Waals surface area contributed by atoms with Crippen LogP contribution in [0.5, 0.6) is 0 Å². The molecule has 0 spiro atoms. The van der Waals surface area contributed by atoms with E-state index in [9.17, 15) is 17.6 Å². The van der Waals surface area contributed by atoms with Crippen LogP contribution in [0.25, 0.3) is 0 Å². The average molecular weight is 628 g/mol. The Labute approximate surface area is 267 Å². The normalized spacial score (nSPS) is 10.4. The largest absolute Gasteiger partial charge is 0.366 e. The summed E-state index contributed by atoms with van der Waals surface area (Å²) in [6, 6.07) is 22.8. The molecule has 3 aromatic carbocycles. The standard InChI is InChI=1S/C10H12F2N2.C10H12N2.C10H14.C6H11F2N/c1-10(11,12)8-4-3-5-9(6-8)14-7-13-2;1-3-12-10-6-4-5-9(7-10)8-11-2;1-8(2)10-6-4-9(3)5-7-10;1-6(7,8)4-3-5-9-2/h3-6,14H,2,7H2,1H3;3-7,12H,1-2,8H2;4-8H,1-3H3;2-5H2,1H3. The molecule has 0 atom stereocenters. The van der Waals surface area contributed by atoms with Crippen LogP contribution in [0.3, 0.4) is 0 Å². The van der Waals surface area contributed by atoms with E-state index in [0.29, 0.717) is 37.8 Å². The van der Waals surface area contributed by atoms with Crippen LogP contribution in [0.4, 0.5) is 28.9 Å². The zero-order valence-electron chi connectivity index (χ0n) is 27.3. The summed E-state index contributed by atoms with van der Waals surface area (Å²) in [6.45, 7) is 23.2. The first-order chi connectivity index (χ1) is 21.2. The Hall–Kier alpha value is -4.27. The van der Waals surface area contributed by atoms with E-state index in [1.165, 1.54) is 23.3 Å². The summed E-state index contributed by atoms with van der Waals surface area (Å²) >= 11 is 0. The molecule has 3 aromatic rings. The monoisotopic (exact) mass is 627 g/mol. The summed E-state index contributed by atoms with van der Waals surface area (Å²) in [5.74, 6) is -4.69. The molecule has 0 aliphatic carbocycles. The minimum Gasteiger partial charge on any atom is -0.366 e. The Balaban J connectivity index is 0.000000582. The summed E-state index contributed by atoms with van der Waals surface area (Å²) in [7, 11) is 0. The van der Waals surface area contributed by atoms with Crippen molar-refractivity contribution in [2.24, 2.45) is 15.0 Å². The van der Waals surface area contributed by atoms with Crippen LogP contribution in [0.15, 0.2) is 101 Å². The van der Waals surface area contributed by atoms with E-state index in [1.807, 2.05) is 24.3 Å². The quantitative estimate of drug-likeness (QED) is 0.113. The van der Waals surface area contributed by atoms with Gasteiger partial charge in [-0.15, -0.1) is 0 Å². The molecule has 0 aliphatic heterocycles. The molecule has 0 saturated carbocycles. The number of aliphatic imine (C=N–C) groups is 3. The molecule has 0 aromatic heterocycles. The molecule has 0 unspecified atom stereocenters. The maximum absolute atomic E-state index is 12.9. The summed E-state index contributed by atoms with van der Waals surface area (Å²) in [5, 5.41) is 5.85. The first kappa shape index (κ1) is 40.7. The molecule has 0 amide bonds. The maximum Gasteiger partial charge on any atom is 0.270 e. The van der Waals surface area contributed by atoms with E-state index in [-0.39, 0.29) is 12.0 Å². The van der Waals surface area contributed by atoms with Crippen LogP contribution < -0.4 is 10.6 Å². The molecule has 5 nitrogen and oxygen atoms in total. The van der Waals surface area contributed by atoms with Gasteiger partial charge in [0.1, 0.15) is 6.67 Å². The molecule has 0 aliphatic rings. The number of rotatable bonds is 13. The third-order valence-corrected chi connectivity index (χ3v) is 5.93. The van der Waals surface area contributed by atoms with Crippen molar-refractivity contribution in [1.29, 1.82) is 0 Å². The highest BCUT2D eigenvalue weighted by Crippen LogP contribution is 2.28. The van der Waals surface area contributed by atoms with Crippen LogP contribution in [0, 0.1) is 6.92 Å². The second kappa shape index (κ2) is 22.3. The first-order valence-corrected chi connectivity index (χ1v) is 14.6. The SMILES string of the molecule is C=CNc1cccc(CN=C)c1.C=NCCCC(C)(F)F.C=NCNc1cccc(C(C)(F)F)c1.Cc1ccc(C(C)C)cc1. The summed E-state index contributed by atoms with van der Waals surface area (Å²) < 4.78 is 49.8. The Morgan fingerprint density at radius 1 is 0.822 bits per heavy atom. The van der Waals surface area contributed by atoms with Gasteiger partial charge in [-0.25, -0.2) is 17.6 Å². The number of hydrogen-bond donors (Lipinski definition) is 2. The molecule has 0 heterocycles. The topological polar surface area (TPSA) is 61.1 Å². The molecule has 0 saturated heterocycles. The van der Waals surface area contributed by atoms with Crippen LogP contribution in [-0.2, 0) is 12.5 Å². The van der Waals surface area contributed by atoms with E-state index in [1.54, 1.807) is 18.3 Å². The van der Waals surface area contributed by atoms with E-state index < -0.39 is 11.8 Å². The Morgan fingerprint density at radius 3 is 1.96 bits per heavy atom. The van der Waals surface area contributed by atoms with E-state index in [4.69, 9.17) is 0 Å². The van der Waals surface area contributed by atoms with E-state index >= 15 is 0 Å². The smallest absolute Gasteiger partial charge is 0.270 e. The lowest BCUT2D eigenvalue weighted by atomic mass is 10.0. The van der Waals surface area contributed by atoms with Gasteiger partial charge in [0.05, 0.1) is 6.54 Å². The minimum absolute atomic E-state index is 0.00781. The van der Waals surface area contributed by atoms with Gasteiger partial charge >= 0.3 is 0 Å². The highest BCUT2D eigenvalue weighted by molar-refractivity contribution is 5.48. The lowest BCUT2D eigenvalue weighted by molar-refractivity contribution is 0.0116. The molecule has 246 valence electrons. The van der Waals surface area contributed by atoms with Gasteiger partial charge in [0, 0.05) is 36.8 Å². The maximum atomic E-state index is 12.9. The molecule has 45 heavy (non-hydrogen) atoms. The van der Waals surface area contributed by atoms with Gasteiger partial charge < -0.3 is 15.6 Å². The number of benzene rings is 3. The lowest BCUT2D eigenvalue weighted by Gasteiger charge is -2.12. The highest BCUT2D eigenvalue weighted by Gasteiger charge is 2.24. The second-order valence-corrected chi connectivity index (χ2v) is 10.6. The van der Waals surface area contributed by atoms with Crippen molar-refractivity contribution in [2.45, 2.75) is 71.8 Å². The summed E-state index contributed by atoms with van der Waals surface area (Å²) in [5.41, 5.74) is 5.56. The number of aryl methyl sites for hydroxylation is 1.